The van der Waals surface area contributed by atoms with E-state index in [0.29, 0.717) is 12.1 Å². The molecule has 0 saturated carbocycles. The monoisotopic (exact) mass is 188 g/mol. The van der Waals surface area contributed by atoms with Gasteiger partial charge in [0.25, 0.3) is 0 Å². The minimum atomic E-state index is -4.64. The molecule has 0 aliphatic rings. The first-order chi connectivity index (χ1) is 5.84. The summed E-state index contributed by atoms with van der Waals surface area (Å²) in [4.78, 5) is 0. The third-order valence-electron chi connectivity index (χ3n) is 1.64. The molecule has 6 heteroatoms. The Morgan fingerprint density at radius 3 is 2.08 bits per heavy atom. The van der Waals surface area contributed by atoms with Crippen LogP contribution < -0.4 is 4.24 Å². The van der Waals surface area contributed by atoms with E-state index in [2.05, 4.69) is 0 Å². The van der Waals surface area contributed by atoms with Crippen LogP contribution in [0.5, 0.6) is 0 Å². The average molecular weight is 188 g/mol. The molecule has 0 bridgehead atoms. The minimum absolute atomic E-state index is 0.463. The van der Waals surface area contributed by atoms with Crippen molar-refractivity contribution < 1.29 is 22.0 Å². The molecule has 0 aliphatic carbocycles. The molecule has 1 aromatic rings. The fourth-order valence-corrected chi connectivity index (χ4v) is 0.959. The van der Waals surface area contributed by atoms with Crippen molar-refractivity contribution in [3.8, 4) is 0 Å². The van der Waals surface area contributed by atoms with E-state index >= 15 is 0 Å². The zero-order valence-electron chi connectivity index (χ0n) is 6.54. The first kappa shape index (κ1) is 10.5. The van der Waals surface area contributed by atoms with E-state index in [1.54, 1.807) is 0 Å². The van der Waals surface area contributed by atoms with E-state index in [1.165, 1.54) is 0 Å². The van der Waals surface area contributed by atoms with Gasteiger partial charge in [0.05, 0.1) is 0 Å². The second-order valence-corrected chi connectivity index (χ2v) is 2.53. The number of halogens is 5. The van der Waals surface area contributed by atoms with Crippen LogP contribution in [0.25, 0.3) is 0 Å². The molecule has 66 valence electrons. The van der Waals surface area contributed by atoms with Crippen molar-refractivity contribution in [1.82, 2.24) is 0 Å². The number of benzene rings is 1. The Kier molecular flexibility index (Phi) is 2.69. The number of rotatable bonds is 0. The molecule has 0 heterocycles. The van der Waals surface area contributed by atoms with Crippen molar-refractivity contribution in [2.45, 2.75) is 6.18 Å². The maximum atomic E-state index is 12.6. The van der Waals surface area contributed by atoms with Gasteiger partial charge >= 0.3 is 79.4 Å². The van der Waals surface area contributed by atoms with E-state index in [1.807, 2.05) is 0 Å². The van der Waals surface area contributed by atoms with E-state index in [-0.39, 0.29) is 0 Å². The third kappa shape index (κ3) is 2.04. The summed E-state index contributed by atoms with van der Waals surface area (Å²) in [5.74, 6) is -2.72. The molecule has 0 radical (unpaired) electrons. The Labute approximate surface area is 79.9 Å². The first-order valence-electron chi connectivity index (χ1n) is 3.36. The van der Waals surface area contributed by atoms with Gasteiger partial charge in [-0.05, 0) is 0 Å². The van der Waals surface area contributed by atoms with Crippen LogP contribution in [0.2, 0.25) is 0 Å². The third-order valence-corrected chi connectivity index (χ3v) is 1.64. The molecule has 1 aromatic carbocycles. The molecule has 0 nitrogen and oxygen atoms in total. The molecule has 0 aliphatic heterocycles. The zero-order valence-corrected chi connectivity index (χ0v) is 6.54. The van der Waals surface area contributed by atoms with E-state index in [4.69, 9.17) is 0 Å². The average Bonchev–Trinajstić information content (AvgIpc) is 1.98. The van der Waals surface area contributed by atoms with Crippen LogP contribution in [0.15, 0.2) is 12.1 Å². The van der Waals surface area contributed by atoms with Gasteiger partial charge in [-0.15, -0.1) is 0 Å². The van der Waals surface area contributed by atoms with Gasteiger partial charge in [-0.25, -0.2) is 0 Å². The van der Waals surface area contributed by atoms with E-state index in [9.17, 15) is 22.0 Å². The van der Waals surface area contributed by atoms with Gasteiger partial charge in [0.2, 0.25) is 0 Å². The molecule has 1 rings (SSSR count). The van der Waals surface area contributed by atoms with Gasteiger partial charge in [0.15, 0.2) is 0 Å². The van der Waals surface area contributed by atoms with Crippen LogP contribution in [0.4, 0.5) is 22.0 Å². The number of alkyl halides is 3. The summed E-state index contributed by atoms with van der Waals surface area (Å²) in [6, 6.07) is 0.985. The summed E-state index contributed by atoms with van der Waals surface area (Å²) in [6.07, 6.45) is -4.64. The fourth-order valence-electron chi connectivity index (χ4n) is 0.959. The molecular weight excluding hydrogens is 186 g/mol. The molecule has 0 spiro atoms. The second-order valence-electron chi connectivity index (χ2n) is 2.53. The molecule has 0 N–H and O–H groups in total. The summed E-state index contributed by atoms with van der Waals surface area (Å²) < 4.78 is 60.6. The summed E-state index contributed by atoms with van der Waals surface area (Å²) in [5.41, 5.74) is -1.15. The second kappa shape index (κ2) is 3.32. The quantitative estimate of drug-likeness (QED) is 0.430. The Hall–Kier alpha value is -0.533. The molecule has 0 unspecified atom stereocenters. The molecular formula is C7H2F5Li. The SMILES string of the molecule is [Li][c]1c(C(F)(F)F)ccc(F)c1F. The van der Waals surface area contributed by atoms with Crippen molar-refractivity contribution in [3.05, 3.63) is 29.3 Å². The summed E-state index contributed by atoms with van der Waals surface area (Å²) in [6.45, 7) is 0. The Bertz CT molecular complexity index is 330. The van der Waals surface area contributed by atoms with Gasteiger partial charge in [-0.3, -0.25) is 0 Å². The predicted octanol–water partition coefficient (Wildman–Crippen LogP) is 1.78. The van der Waals surface area contributed by atoms with E-state index in [0.717, 1.165) is 17.7 Å². The van der Waals surface area contributed by atoms with Crippen molar-refractivity contribution in [2.75, 3.05) is 0 Å². The normalized spacial score (nSPS) is 11.9. The molecule has 0 fully saturated rings. The predicted molar refractivity (Wildman–Crippen MR) is 36.7 cm³/mol. The molecule has 0 amide bonds. The number of hydrogen-bond acceptors (Lipinski definition) is 0. The van der Waals surface area contributed by atoms with Crippen molar-refractivity contribution in [2.24, 2.45) is 0 Å². The van der Waals surface area contributed by atoms with Crippen LogP contribution in [-0.4, -0.2) is 17.7 Å². The van der Waals surface area contributed by atoms with Gasteiger partial charge in [0.1, 0.15) is 0 Å². The van der Waals surface area contributed by atoms with Gasteiger partial charge < -0.3 is 0 Å². The first-order valence-corrected chi connectivity index (χ1v) is 3.36. The van der Waals surface area contributed by atoms with Crippen molar-refractivity contribution >= 4 is 22.0 Å². The Balaban J connectivity index is 3.35. The maximum absolute atomic E-state index is 12.6. The van der Waals surface area contributed by atoms with Crippen LogP contribution >= 0.6 is 0 Å². The summed E-state index contributed by atoms with van der Waals surface area (Å²) >= 11 is 0.890. The number of hydrogen-bond donors (Lipinski definition) is 0. The standard InChI is InChI=1S/C7H2F5.Li/c8-5-2-1-4(3-6(5)9)7(10,11)12;/h1-2H;. The Morgan fingerprint density at radius 2 is 1.62 bits per heavy atom. The van der Waals surface area contributed by atoms with Gasteiger partial charge in [0, 0.05) is 0 Å². The van der Waals surface area contributed by atoms with Crippen LogP contribution in [-0.2, 0) is 6.18 Å². The van der Waals surface area contributed by atoms with Gasteiger partial charge in [-0.1, -0.05) is 0 Å². The summed E-state index contributed by atoms with van der Waals surface area (Å²) in [5, 5.41) is 0. The van der Waals surface area contributed by atoms with Crippen LogP contribution in [0.1, 0.15) is 5.56 Å². The Morgan fingerprint density at radius 1 is 1.08 bits per heavy atom. The van der Waals surface area contributed by atoms with Crippen LogP contribution in [0.3, 0.4) is 0 Å². The zero-order chi connectivity index (χ0) is 10.2. The van der Waals surface area contributed by atoms with Crippen molar-refractivity contribution in [1.29, 1.82) is 0 Å². The molecule has 0 aromatic heterocycles. The van der Waals surface area contributed by atoms with Crippen molar-refractivity contribution in [3.63, 3.8) is 0 Å². The molecule has 13 heavy (non-hydrogen) atoms. The van der Waals surface area contributed by atoms with Crippen LogP contribution in [0, 0.1) is 11.6 Å². The molecule has 0 atom stereocenters. The van der Waals surface area contributed by atoms with E-state index < -0.39 is 27.6 Å². The van der Waals surface area contributed by atoms with Gasteiger partial charge in [-0.2, -0.15) is 0 Å². The topological polar surface area (TPSA) is 0 Å². The summed E-state index contributed by atoms with van der Waals surface area (Å²) in [7, 11) is 0. The molecule has 0 saturated heterocycles. The fraction of sp³-hybridized carbons (Fsp3) is 0.143.